The zero-order chi connectivity index (χ0) is 53.0. The first-order valence-electron chi connectivity index (χ1n) is 27.6. The van der Waals surface area contributed by atoms with Gasteiger partial charge in [-0.1, -0.05) is 213 Å². The molecule has 0 atom stereocenters. The molecule has 376 valence electrons. The van der Waals surface area contributed by atoms with E-state index in [4.69, 9.17) is 4.42 Å². The summed E-state index contributed by atoms with van der Waals surface area (Å²) in [4.78, 5) is 7.85. The highest BCUT2D eigenvalue weighted by Gasteiger charge is 2.49. The first kappa shape index (κ1) is 46.9. The number of hydrogen-bond acceptors (Lipinski definition) is 4. The van der Waals surface area contributed by atoms with E-state index in [9.17, 15) is 0 Å². The molecule has 0 N–H and O–H groups in total. The van der Waals surface area contributed by atoms with Crippen LogP contribution in [0.25, 0.3) is 87.0 Å². The summed E-state index contributed by atoms with van der Waals surface area (Å²) >= 11 is 1.90. The molecule has 12 aromatic rings. The van der Waals surface area contributed by atoms with E-state index in [-0.39, 0.29) is 23.1 Å². The van der Waals surface area contributed by atoms with E-state index in [2.05, 4.69) is 277 Å². The maximum Gasteiger partial charge on any atom is 0.333 e. The molecule has 2 aliphatic heterocycles. The summed E-state index contributed by atoms with van der Waals surface area (Å²) in [6, 6.07) is 80.3. The van der Waals surface area contributed by atoms with Gasteiger partial charge in [0.1, 0.15) is 5.58 Å². The highest BCUT2D eigenvalue weighted by Crippen LogP contribution is 2.58. The van der Waals surface area contributed by atoms with Crippen molar-refractivity contribution >= 4 is 90.3 Å². The molecule has 2 aromatic heterocycles. The third-order valence-electron chi connectivity index (χ3n) is 17.4. The van der Waals surface area contributed by atoms with Crippen LogP contribution in [0, 0.1) is 0 Å². The van der Waals surface area contributed by atoms with Crippen LogP contribution in [0.5, 0.6) is 0 Å². The number of benzene rings is 10. The molecule has 0 amide bonds. The lowest BCUT2D eigenvalue weighted by Gasteiger charge is -2.46. The van der Waals surface area contributed by atoms with Gasteiger partial charge >= 0.3 is 6.85 Å². The van der Waals surface area contributed by atoms with Gasteiger partial charge in [0.05, 0.1) is 11.4 Å². The lowest BCUT2D eigenvalue weighted by Crippen LogP contribution is -2.61. The molecule has 0 unspecified atom stereocenters. The number of furan rings is 1. The minimum Gasteiger partial charge on any atom is -0.454 e. The van der Waals surface area contributed by atoms with Crippen molar-refractivity contribution in [1.29, 1.82) is 0 Å². The van der Waals surface area contributed by atoms with Crippen LogP contribution < -0.4 is 20.6 Å². The van der Waals surface area contributed by atoms with Crippen LogP contribution in [0.4, 0.5) is 28.4 Å². The van der Waals surface area contributed by atoms with E-state index in [1.54, 1.807) is 0 Å². The molecule has 0 saturated carbocycles. The number of anilines is 5. The van der Waals surface area contributed by atoms with Crippen molar-refractivity contribution in [2.45, 2.75) is 71.6 Å². The van der Waals surface area contributed by atoms with E-state index in [0.29, 0.717) is 0 Å². The molecule has 3 nitrogen and oxygen atoms in total. The van der Waals surface area contributed by atoms with Gasteiger partial charge in [-0.15, -0.1) is 11.3 Å². The minimum atomic E-state index is -0.265. The Labute approximate surface area is 462 Å². The molecule has 0 radical (unpaired) electrons. The summed E-state index contributed by atoms with van der Waals surface area (Å²) < 4.78 is 7.43. The predicted molar refractivity (Wildman–Crippen MR) is 334 cm³/mol. The Hall–Kier alpha value is -8.38. The molecule has 5 heteroatoms. The van der Waals surface area contributed by atoms with E-state index >= 15 is 0 Å². The number of para-hydroxylation sites is 1. The Balaban J connectivity index is 1.15. The molecule has 15 rings (SSSR count). The lowest BCUT2D eigenvalue weighted by molar-refractivity contribution is 0.590. The van der Waals surface area contributed by atoms with Gasteiger partial charge in [0, 0.05) is 64.9 Å². The summed E-state index contributed by atoms with van der Waals surface area (Å²) in [5.74, 6) is 0. The number of hydrogen-bond donors (Lipinski definition) is 0. The third kappa shape index (κ3) is 6.90. The molecule has 0 spiro atoms. The van der Waals surface area contributed by atoms with Crippen LogP contribution in [0.1, 0.15) is 77.6 Å². The average Bonchev–Trinajstić information content (AvgIpc) is 4.26. The molecule has 0 saturated heterocycles. The van der Waals surface area contributed by atoms with Crippen molar-refractivity contribution in [3.63, 3.8) is 0 Å². The maximum absolute atomic E-state index is 7.43. The van der Waals surface area contributed by atoms with Crippen LogP contribution in [0.2, 0.25) is 0 Å². The van der Waals surface area contributed by atoms with E-state index in [0.717, 1.165) is 44.7 Å². The third-order valence-corrected chi connectivity index (χ3v) is 18.7. The summed E-state index contributed by atoms with van der Waals surface area (Å²) in [6.07, 6.45) is 0. The van der Waals surface area contributed by atoms with E-state index in [1.165, 1.54) is 104 Å². The van der Waals surface area contributed by atoms with Crippen molar-refractivity contribution in [1.82, 2.24) is 0 Å². The first-order valence-corrected chi connectivity index (χ1v) is 28.4. The van der Waals surface area contributed by atoms with Gasteiger partial charge < -0.3 is 14.1 Å². The maximum atomic E-state index is 7.43. The van der Waals surface area contributed by atoms with Crippen molar-refractivity contribution in [2.75, 3.05) is 9.71 Å². The second kappa shape index (κ2) is 16.8. The second-order valence-corrected chi connectivity index (χ2v) is 25.5. The normalized spacial score (nSPS) is 14.2. The van der Waals surface area contributed by atoms with E-state index < -0.39 is 0 Å². The fourth-order valence-corrected chi connectivity index (χ4v) is 14.6. The zero-order valence-electron chi connectivity index (χ0n) is 45.5. The van der Waals surface area contributed by atoms with Crippen LogP contribution >= 0.6 is 11.3 Å². The van der Waals surface area contributed by atoms with Crippen molar-refractivity contribution in [3.05, 3.63) is 235 Å². The molecule has 0 fully saturated rings. The monoisotopic (exact) mass is 1020 g/mol. The van der Waals surface area contributed by atoms with Crippen LogP contribution in [-0.4, -0.2) is 6.85 Å². The summed E-state index contributed by atoms with van der Waals surface area (Å²) in [5.41, 5.74) is 24.8. The summed E-state index contributed by atoms with van der Waals surface area (Å²) in [5, 5.41) is 4.71. The molecule has 0 bridgehead atoms. The van der Waals surface area contributed by atoms with Gasteiger partial charge in [0.2, 0.25) is 0 Å². The molecule has 78 heavy (non-hydrogen) atoms. The number of fused-ring (bicyclic) bond motifs is 12. The van der Waals surface area contributed by atoms with Crippen LogP contribution in [0.3, 0.4) is 0 Å². The summed E-state index contributed by atoms with van der Waals surface area (Å²) in [7, 11) is 0. The fourth-order valence-electron chi connectivity index (χ4n) is 13.3. The Morgan fingerprint density at radius 3 is 1.72 bits per heavy atom. The summed E-state index contributed by atoms with van der Waals surface area (Å²) in [6.45, 7) is 18.5. The quantitative estimate of drug-likeness (QED) is 0.160. The van der Waals surface area contributed by atoms with Gasteiger partial charge in [0.15, 0.2) is 5.58 Å². The lowest BCUT2D eigenvalue weighted by atomic mass is 9.43. The topological polar surface area (TPSA) is 19.6 Å². The Morgan fingerprint density at radius 1 is 0.436 bits per heavy atom. The highest BCUT2D eigenvalue weighted by atomic mass is 32.1. The molecule has 1 aliphatic carbocycles. The SMILES string of the molecule is CC(C)(C)c1ccc(N2B3c4cc5c(-c6ccccc6)sc(-c6ccccc6)c5cc4N(c4ccc(C(C)(C)C)cc4-c4ccccc4)c4c3c(cc3c4oc4ccccc43)-c3cc4c(cc32)C(C)(C)c2ccccc2-4)cc1. The second-order valence-electron chi connectivity index (χ2n) is 24.4. The number of nitrogens with zero attached hydrogens (tertiary/aromatic N) is 2. The van der Waals surface area contributed by atoms with Gasteiger partial charge in [-0.25, -0.2) is 0 Å². The van der Waals surface area contributed by atoms with Gasteiger partial charge in [0.25, 0.3) is 0 Å². The van der Waals surface area contributed by atoms with Gasteiger partial charge in [-0.3, -0.25) is 0 Å². The van der Waals surface area contributed by atoms with Crippen molar-refractivity contribution in [3.8, 4) is 54.3 Å². The minimum absolute atomic E-state index is 0.0204. The van der Waals surface area contributed by atoms with Gasteiger partial charge in [-0.2, -0.15) is 0 Å². The molecule has 4 heterocycles. The Bertz CT molecular complexity index is 4420. The zero-order valence-corrected chi connectivity index (χ0v) is 46.3. The van der Waals surface area contributed by atoms with E-state index in [1.807, 2.05) is 11.3 Å². The number of thiophene rings is 1. The van der Waals surface area contributed by atoms with Crippen molar-refractivity contribution < 1.29 is 4.42 Å². The fraction of sp³-hybridized carbons (Fsp3) is 0.151. The Kier molecular flexibility index (Phi) is 10.1. The average molecular weight is 1020 g/mol. The van der Waals surface area contributed by atoms with Gasteiger partial charge in [-0.05, 0) is 132 Å². The molecular formula is C73H59BN2OS. The molecule has 3 aliphatic rings. The highest BCUT2D eigenvalue weighted by molar-refractivity contribution is 7.21. The smallest absolute Gasteiger partial charge is 0.333 e. The standard InChI is InChI=1S/C73H59BN2OS/c1-71(2,3)47-32-35-49(36-33-47)76-63-43-60-53(50-28-18-20-30-59(50)73(60,7)8)39-54(63)55-40-56-51-29-19-21-31-65(51)77-68(56)67-66(55)74(76)61-41-57-58(70(46-26-16-11-17-27-46)78-69(57)45-24-14-10-15-25-45)42-64(61)75(67)62-37-34-48(72(4,5)6)38-52(62)44-22-12-9-13-23-44/h9-43H,1-8H3. The number of rotatable bonds is 5. The van der Waals surface area contributed by atoms with Crippen LogP contribution in [-0.2, 0) is 16.2 Å². The predicted octanol–water partition coefficient (Wildman–Crippen LogP) is 19.4. The molecular weight excluding hydrogens is 964 g/mol. The van der Waals surface area contributed by atoms with Crippen LogP contribution in [0.15, 0.2) is 217 Å². The Morgan fingerprint density at radius 2 is 1.04 bits per heavy atom. The first-order chi connectivity index (χ1) is 37.7. The largest absolute Gasteiger partial charge is 0.454 e. The molecule has 10 aromatic carbocycles. The van der Waals surface area contributed by atoms with Crippen molar-refractivity contribution in [2.24, 2.45) is 0 Å².